The molecular formula is C21H22N4O2. The van der Waals surface area contributed by atoms with E-state index in [0.29, 0.717) is 23.5 Å². The summed E-state index contributed by atoms with van der Waals surface area (Å²) >= 11 is 0. The van der Waals surface area contributed by atoms with E-state index in [1.807, 2.05) is 36.4 Å². The van der Waals surface area contributed by atoms with Crippen LogP contribution in [0.4, 0.5) is 0 Å². The molecule has 3 aromatic rings. The summed E-state index contributed by atoms with van der Waals surface area (Å²) in [4.78, 5) is 33.9. The summed E-state index contributed by atoms with van der Waals surface area (Å²) in [6.07, 6.45) is 4.39. The van der Waals surface area contributed by atoms with E-state index >= 15 is 0 Å². The first-order chi connectivity index (χ1) is 13.1. The number of pyridine rings is 1. The van der Waals surface area contributed by atoms with Gasteiger partial charge in [0.2, 0.25) is 5.91 Å². The van der Waals surface area contributed by atoms with Crippen LogP contribution in [-0.4, -0.2) is 20.4 Å². The van der Waals surface area contributed by atoms with Crippen LogP contribution >= 0.6 is 0 Å². The van der Waals surface area contributed by atoms with Crippen molar-refractivity contribution in [2.75, 3.05) is 0 Å². The van der Waals surface area contributed by atoms with E-state index in [0.717, 1.165) is 36.1 Å². The lowest BCUT2D eigenvalue weighted by Crippen LogP contribution is -2.32. The fraction of sp³-hybridized carbons (Fsp3) is 0.333. The predicted molar refractivity (Wildman–Crippen MR) is 103 cm³/mol. The molecular weight excluding hydrogens is 340 g/mol. The van der Waals surface area contributed by atoms with E-state index in [1.54, 1.807) is 0 Å². The van der Waals surface area contributed by atoms with Gasteiger partial charge < -0.3 is 5.32 Å². The second-order valence-corrected chi connectivity index (χ2v) is 7.25. The van der Waals surface area contributed by atoms with Gasteiger partial charge in [-0.05, 0) is 42.4 Å². The average molecular weight is 362 g/mol. The molecule has 1 aliphatic carbocycles. The Labute approximate surface area is 157 Å². The molecule has 4 rings (SSSR count). The van der Waals surface area contributed by atoms with Crippen LogP contribution in [0.15, 0.2) is 47.5 Å². The van der Waals surface area contributed by atoms with Crippen molar-refractivity contribution in [2.45, 2.75) is 39.3 Å². The summed E-state index contributed by atoms with van der Waals surface area (Å²) in [5, 5.41) is 3.32. The number of hydrogen-bond acceptors (Lipinski definition) is 4. The highest BCUT2D eigenvalue weighted by Gasteiger charge is 2.19. The summed E-state index contributed by atoms with van der Waals surface area (Å²) in [5.74, 6) is 0.376. The van der Waals surface area contributed by atoms with Crippen LogP contribution in [0.5, 0.6) is 0 Å². The summed E-state index contributed by atoms with van der Waals surface area (Å²) in [5.41, 5.74) is 3.44. The minimum Gasteiger partial charge on any atom is -0.350 e. The number of rotatable bonds is 4. The van der Waals surface area contributed by atoms with E-state index < -0.39 is 0 Å². The van der Waals surface area contributed by atoms with Crippen LogP contribution in [0.3, 0.4) is 0 Å². The van der Waals surface area contributed by atoms with Gasteiger partial charge in [0.25, 0.3) is 5.56 Å². The molecule has 1 aromatic carbocycles. The number of carbonyl (C=O) groups excluding carboxylic acids is 1. The van der Waals surface area contributed by atoms with Crippen molar-refractivity contribution >= 4 is 16.9 Å². The number of aromatic nitrogens is 3. The van der Waals surface area contributed by atoms with Crippen LogP contribution in [0.1, 0.15) is 30.2 Å². The SMILES string of the molecule is CC1CCc2nc3ncn(CC(=O)NCc4ccccc4)c(=O)c3cc2C1. The highest BCUT2D eigenvalue weighted by Crippen LogP contribution is 2.25. The maximum Gasteiger partial charge on any atom is 0.263 e. The van der Waals surface area contributed by atoms with Gasteiger partial charge in [0, 0.05) is 12.2 Å². The Bertz CT molecular complexity index is 1040. The Morgan fingerprint density at radius 2 is 2.11 bits per heavy atom. The zero-order valence-corrected chi connectivity index (χ0v) is 15.3. The second-order valence-electron chi connectivity index (χ2n) is 7.25. The van der Waals surface area contributed by atoms with E-state index in [4.69, 9.17) is 0 Å². The lowest BCUT2D eigenvalue weighted by molar-refractivity contribution is -0.121. The van der Waals surface area contributed by atoms with Gasteiger partial charge in [0.15, 0.2) is 5.65 Å². The van der Waals surface area contributed by atoms with Crippen molar-refractivity contribution in [1.82, 2.24) is 19.9 Å². The lowest BCUT2D eigenvalue weighted by atomic mass is 9.87. The normalized spacial score (nSPS) is 16.1. The lowest BCUT2D eigenvalue weighted by Gasteiger charge is -2.20. The zero-order valence-electron chi connectivity index (χ0n) is 15.3. The Morgan fingerprint density at radius 1 is 1.30 bits per heavy atom. The van der Waals surface area contributed by atoms with Crippen LogP contribution in [0.25, 0.3) is 11.0 Å². The van der Waals surface area contributed by atoms with Crippen LogP contribution < -0.4 is 10.9 Å². The first kappa shape index (κ1) is 17.4. The largest absolute Gasteiger partial charge is 0.350 e. The number of nitrogens with zero attached hydrogens (tertiary/aromatic N) is 3. The third-order valence-electron chi connectivity index (χ3n) is 5.07. The molecule has 0 spiro atoms. The predicted octanol–water partition coefficient (Wildman–Crippen LogP) is 2.23. The molecule has 1 N–H and O–H groups in total. The number of aryl methyl sites for hydroxylation is 1. The molecule has 2 heterocycles. The fourth-order valence-electron chi connectivity index (χ4n) is 3.54. The molecule has 0 saturated carbocycles. The van der Waals surface area contributed by atoms with Gasteiger partial charge >= 0.3 is 0 Å². The minimum absolute atomic E-state index is 0.0535. The molecule has 0 saturated heterocycles. The minimum atomic E-state index is -0.221. The van der Waals surface area contributed by atoms with Crippen LogP contribution in [0.2, 0.25) is 0 Å². The Hall–Kier alpha value is -3.02. The first-order valence-electron chi connectivity index (χ1n) is 9.28. The molecule has 138 valence electrons. The van der Waals surface area contributed by atoms with Gasteiger partial charge in [-0.2, -0.15) is 0 Å². The number of hydrogen-bond donors (Lipinski definition) is 1. The Kier molecular flexibility index (Phi) is 4.71. The van der Waals surface area contributed by atoms with Gasteiger partial charge in [0.1, 0.15) is 12.9 Å². The van der Waals surface area contributed by atoms with Crippen molar-refractivity contribution in [3.8, 4) is 0 Å². The topological polar surface area (TPSA) is 76.9 Å². The molecule has 6 nitrogen and oxygen atoms in total. The van der Waals surface area contributed by atoms with Crippen molar-refractivity contribution < 1.29 is 4.79 Å². The summed E-state index contributed by atoms with van der Waals surface area (Å²) in [7, 11) is 0. The number of fused-ring (bicyclic) bond motifs is 2. The standard InChI is InChI=1S/C21H22N4O2/c1-14-7-8-18-16(9-14)10-17-20(24-18)23-13-25(21(17)27)12-19(26)22-11-15-5-3-2-4-6-15/h2-6,10,13-14H,7-9,11-12H2,1H3,(H,22,26). The van der Waals surface area contributed by atoms with Gasteiger partial charge in [-0.1, -0.05) is 37.3 Å². The Balaban J connectivity index is 1.54. The fourth-order valence-corrected chi connectivity index (χ4v) is 3.54. The van der Waals surface area contributed by atoms with Gasteiger partial charge in [-0.15, -0.1) is 0 Å². The summed E-state index contributed by atoms with van der Waals surface area (Å²) < 4.78 is 1.35. The third kappa shape index (κ3) is 3.74. The molecule has 6 heteroatoms. The molecule has 2 aromatic heterocycles. The smallest absolute Gasteiger partial charge is 0.263 e. The number of benzene rings is 1. The van der Waals surface area contributed by atoms with Crippen molar-refractivity contribution in [2.24, 2.45) is 5.92 Å². The van der Waals surface area contributed by atoms with Crippen molar-refractivity contribution in [3.05, 3.63) is 69.9 Å². The molecule has 1 aliphatic rings. The molecule has 1 unspecified atom stereocenters. The molecule has 1 atom stereocenters. The molecule has 0 aliphatic heterocycles. The van der Waals surface area contributed by atoms with Gasteiger partial charge in [-0.25, -0.2) is 9.97 Å². The van der Waals surface area contributed by atoms with E-state index in [-0.39, 0.29) is 18.0 Å². The van der Waals surface area contributed by atoms with E-state index in [2.05, 4.69) is 22.2 Å². The van der Waals surface area contributed by atoms with Gasteiger partial charge in [-0.3, -0.25) is 14.2 Å². The molecule has 1 amide bonds. The van der Waals surface area contributed by atoms with Crippen LogP contribution in [-0.2, 0) is 30.7 Å². The second kappa shape index (κ2) is 7.31. The molecule has 0 radical (unpaired) electrons. The molecule has 27 heavy (non-hydrogen) atoms. The monoisotopic (exact) mass is 362 g/mol. The maximum atomic E-state index is 12.8. The third-order valence-corrected chi connectivity index (χ3v) is 5.07. The average Bonchev–Trinajstić information content (AvgIpc) is 2.68. The molecule has 0 fully saturated rings. The van der Waals surface area contributed by atoms with Crippen LogP contribution in [0, 0.1) is 5.92 Å². The first-order valence-corrected chi connectivity index (χ1v) is 9.28. The summed E-state index contributed by atoms with van der Waals surface area (Å²) in [6, 6.07) is 11.6. The van der Waals surface area contributed by atoms with E-state index in [1.165, 1.54) is 10.9 Å². The number of carbonyl (C=O) groups is 1. The maximum absolute atomic E-state index is 12.8. The Morgan fingerprint density at radius 3 is 2.93 bits per heavy atom. The highest BCUT2D eigenvalue weighted by atomic mass is 16.2. The number of amides is 1. The van der Waals surface area contributed by atoms with E-state index in [9.17, 15) is 9.59 Å². The van der Waals surface area contributed by atoms with Crippen molar-refractivity contribution in [3.63, 3.8) is 0 Å². The summed E-state index contributed by atoms with van der Waals surface area (Å²) in [6.45, 7) is 2.59. The highest BCUT2D eigenvalue weighted by molar-refractivity contribution is 5.77. The van der Waals surface area contributed by atoms with Crippen molar-refractivity contribution in [1.29, 1.82) is 0 Å². The van der Waals surface area contributed by atoms with Gasteiger partial charge in [0.05, 0.1) is 5.39 Å². The number of nitrogens with one attached hydrogen (secondary N) is 1. The quantitative estimate of drug-likeness (QED) is 0.772. The molecule has 0 bridgehead atoms. The zero-order chi connectivity index (χ0) is 18.8.